The molecular formula is C9H10FNO3S. The van der Waals surface area contributed by atoms with Crippen molar-refractivity contribution in [2.45, 2.75) is 18.8 Å². The molecule has 1 aromatic rings. The standard InChI is InChI=1S/C9H10FNO3S/c10-6-15(12,13)14-8-2-1-5-11-9(8)7-3-4-7/h1-2,5,7H,3-4,6H2. The lowest BCUT2D eigenvalue weighted by atomic mass is 10.2. The Morgan fingerprint density at radius 3 is 2.87 bits per heavy atom. The van der Waals surface area contributed by atoms with Crippen LogP contribution in [-0.4, -0.2) is 19.4 Å². The Bertz CT molecular complexity index is 456. The number of pyridine rings is 1. The van der Waals surface area contributed by atoms with E-state index < -0.39 is 16.1 Å². The van der Waals surface area contributed by atoms with Crippen molar-refractivity contribution in [3.63, 3.8) is 0 Å². The molecule has 15 heavy (non-hydrogen) atoms. The van der Waals surface area contributed by atoms with Gasteiger partial charge in [0.25, 0.3) is 0 Å². The van der Waals surface area contributed by atoms with E-state index in [0.717, 1.165) is 12.8 Å². The van der Waals surface area contributed by atoms with Crippen LogP contribution < -0.4 is 4.18 Å². The van der Waals surface area contributed by atoms with Gasteiger partial charge < -0.3 is 4.18 Å². The predicted molar refractivity (Wildman–Crippen MR) is 51.7 cm³/mol. The van der Waals surface area contributed by atoms with Crippen molar-refractivity contribution in [3.05, 3.63) is 24.0 Å². The molecule has 1 aromatic heterocycles. The molecule has 0 aliphatic heterocycles. The normalized spacial score (nSPS) is 16.3. The highest BCUT2D eigenvalue weighted by molar-refractivity contribution is 7.86. The van der Waals surface area contributed by atoms with Crippen molar-refractivity contribution in [2.75, 3.05) is 6.01 Å². The van der Waals surface area contributed by atoms with Crippen LogP contribution in [0.1, 0.15) is 24.5 Å². The lowest BCUT2D eigenvalue weighted by Crippen LogP contribution is -2.12. The van der Waals surface area contributed by atoms with Crippen LogP contribution in [0.4, 0.5) is 4.39 Å². The fourth-order valence-electron chi connectivity index (χ4n) is 1.30. The van der Waals surface area contributed by atoms with Gasteiger partial charge in [-0.2, -0.15) is 8.42 Å². The fourth-order valence-corrected chi connectivity index (χ4v) is 1.75. The van der Waals surface area contributed by atoms with Gasteiger partial charge in [-0.05, 0) is 25.0 Å². The minimum absolute atomic E-state index is 0.151. The van der Waals surface area contributed by atoms with E-state index in [-0.39, 0.29) is 11.7 Å². The summed E-state index contributed by atoms with van der Waals surface area (Å²) in [7, 11) is -4.11. The zero-order chi connectivity index (χ0) is 10.9. The molecule has 0 spiro atoms. The molecule has 1 heterocycles. The summed E-state index contributed by atoms with van der Waals surface area (Å²) in [6.45, 7) is 0. The maximum absolute atomic E-state index is 12.1. The van der Waals surface area contributed by atoms with Crippen LogP contribution in [0.15, 0.2) is 18.3 Å². The van der Waals surface area contributed by atoms with Crippen molar-refractivity contribution in [2.24, 2.45) is 0 Å². The molecular weight excluding hydrogens is 221 g/mol. The highest BCUT2D eigenvalue weighted by Crippen LogP contribution is 2.43. The number of nitrogens with zero attached hydrogens (tertiary/aromatic N) is 1. The zero-order valence-electron chi connectivity index (χ0n) is 7.89. The molecule has 0 amide bonds. The first-order valence-corrected chi connectivity index (χ1v) is 6.13. The minimum Gasteiger partial charge on any atom is -0.379 e. The topological polar surface area (TPSA) is 56.3 Å². The SMILES string of the molecule is O=S(=O)(CF)Oc1cccnc1C1CC1. The molecule has 1 aliphatic carbocycles. The second-order valence-corrected chi connectivity index (χ2v) is 4.91. The number of rotatable bonds is 4. The molecule has 1 aliphatic rings. The molecule has 1 fully saturated rings. The summed E-state index contributed by atoms with van der Waals surface area (Å²) in [5.74, 6) is 0.411. The number of hydrogen-bond acceptors (Lipinski definition) is 4. The van der Waals surface area contributed by atoms with Crippen molar-refractivity contribution in [1.82, 2.24) is 4.98 Å². The molecule has 0 radical (unpaired) electrons. The van der Waals surface area contributed by atoms with Crippen molar-refractivity contribution < 1.29 is 17.0 Å². The van der Waals surface area contributed by atoms with Crippen LogP contribution in [0.2, 0.25) is 0 Å². The largest absolute Gasteiger partial charge is 0.379 e. The van der Waals surface area contributed by atoms with E-state index in [0.29, 0.717) is 5.69 Å². The van der Waals surface area contributed by atoms with Crippen LogP contribution in [0, 0.1) is 0 Å². The quantitative estimate of drug-likeness (QED) is 0.738. The summed E-state index contributed by atoms with van der Waals surface area (Å²) < 4.78 is 38.6. The molecule has 0 bridgehead atoms. The van der Waals surface area contributed by atoms with E-state index >= 15 is 0 Å². The Morgan fingerprint density at radius 2 is 2.27 bits per heavy atom. The van der Waals surface area contributed by atoms with Gasteiger partial charge in [-0.3, -0.25) is 4.98 Å². The molecule has 82 valence electrons. The molecule has 1 saturated carbocycles. The predicted octanol–water partition coefficient (Wildman–Crippen LogP) is 1.59. The molecule has 0 aromatic carbocycles. The number of aromatic nitrogens is 1. The highest BCUT2D eigenvalue weighted by Gasteiger charge is 2.29. The summed E-state index contributed by atoms with van der Waals surface area (Å²) in [5.41, 5.74) is 0.606. The van der Waals surface area contributed by atoms with E-state index in [4.69, 9.17) is 0 Å². The van der Waals surface area contributed by atoms with E-state index in [1.807, 2.05) is 0 Å². The summed E-state index contributed by atoms with van der Waals surface area (Å²) in [6.07, 6.45) is 3.52. The van der Waals surface area contributed by atoms with Gasteiger partial charge in [0.05, 0.1) is 5.69 Å². The summed E-state index contributed by atoms with van der Waals surface area (Å²) in [5, 5.41) is 0. The third-order valence-corrected chi connectivity index (χ3v) is 2.81. The zero-order valence-corrected chi connectivity index (χ0v) is 8.71. The van der Waals surface area contributed by atoms with Gasteiger partial charge in [0, 0.05) is 12.1 Å². The van der Waals surface area contributed by atoms with Gasteiger partial charge in [-0.1, -0.05) is 0 Å². The summed E-state index contributed by atoms with van der Waals surface area (Å²) in [4.78, 5) is 4.05. The van der Waals surface area contributed by atoms with E-state index in [1.54, 1.807) is 12.3 Å². The minimum atomic E-state index is -4.11. The Balaban J connectivity index is 2.27. The average Bonchev–Trinajstić information content (AvgIpc) is 3.02. The Morgan fingerprint density at radius 1 is 1.53 bits per heavy atom. The van der Waals surface area contributed by atoms with Crippen LogP contribution >= 0.6 is 0 Å². The first-order chi connectivity index (χ1) is 7.12. The maximum atomic E-state index is 12.1. The van der Waals surface area contributed by atoms with Crippen LogP contribution in [0.25, 0.3) is 0 Å². The third kappa shape index (κ3) is 2.44. The van der Waals surface area contributed by atoms with E-state index in [2.05, 4.69) is 9.17 Å². The number of hydrogen-bond donors (Lipinski definition) is 0. The van der Waals surface area contributed by atoms with Crippen molar-refractivity contribution in [1.29, 1.82) is 0 Å². The van der Waals surface area contributed by atoms with Crippen LogP contribution in [0.3, 0.4) is 0 Å². The molecule has 4 nitrogen and oxygen atoms in total. The van der Waals surface area contributed by atoms with Gasteiger partial charge in [-0.15, -0.1) is 0 Å². The van der Waals surface area contributed by atoms with Gasteiger partial charge in [0.2, 0.25) is 6.01 Å². The van der Waals surface area contributed by atoms with Gasteiger partial charge >= 0.3 is 10.1 Å². The third-order valence-electron chi connectivity index (χ3n) is 2.11. The Kier molecular flexibility index (Phi) is 2.60. The molecule has 0 atom stereocenters. The highest BCUT2D eigenvalue weighted by atomic mass is 32.2. The monoisotopic (exact) mass is 231 g/mol. The van der Waals surface area contributed by atoms with Gasteiger partial charge in [0.15, 0.2) is 5.75 Å². The summed E-state index contributed by atoms with van der Waals surface area (Å²) in [6, 6.07) is 1.54. The van der Waals surface area contributed by atoms with Crippen LogP contribution in [-0.2, 0) is 10.1 Å². The van der Waals surface area contributed by atoms with Gasteiger partial charge in [0.1, 0.15) is 0 Å². The molecule has 0 saturated heterocycles. The van der Waals surface area contributed by atoms with E-state index in [1.165, 1.54) is 6.07 Å². The Labute approximate surface area is 87.2 Å². The molecule has 6 heteroatoms. The second kappa shape index (κ2) is 3.77. The lowest BCUT2D eigenvalue weighted by molar-refractivity contribution is 0.447. The molecule has 0 N–H and O–H groups in total. The first kappa shape index (κ1) is 10.4. The summed E-state index contributed by atoms with van der Waals surface area (Å²) >= 11 is 0. The lowest BCUT2D eigenvalue weighted by Gasteiger charge is -2.07. The molecule has 0 unspecified atom stereocenters. The van der Waals surface area contributed by atoms with Crippen molar-refractivity contribution in [3.8, 4) is 5.75 Å². The number of alkyl halides is 1. The van der Waals surface area contributed by atoms with E-state index in [9.17, 15) is 12.8 Å². The van der Waals surface area contributed by atoms with Crippen LogP contribution in [0.5, 0.6) is 5.75 Å². The first-order valence-electron chi connectivity index (χ1n) is 4.55. The molecule has 2 rings (SSSR count). The smallest absolute Gasteiger partial charge is 0.339 e. The fraction of sp³-hybridized carbons (Fsp3) is 0.444. The maximum Gasteiger partial charge on any atom is 0.339 e. The second-order valence-electron chi connectivity index (χ2n) is 3.41. The van der Waals surface area contributed by atoms with Crippen molar-refractivity contribution >= 4 is 10.1 Å². The number of halogens is 1. The van der Waals surface area contributed by atoms with Gasteiger partial charge in [-0.25, -0.2) is 4.39 Å². The average molecular weight is 231 g/mol. The Hall–Kier alpha value is -1.17.